The highest BCUT2D eigenvalue weighted by Gasteiger charge is 2.20. The molecule has 6 heteroatoms. The molecule has 0 spiro atoms. The van der Waals surface area contributed by atoms with Gasteiger partial charge in [0.05, 0.1) is 18.1 Å². The highest BCUT2D eigenvalue weighted by Crippen LogP contribution is 2.17. The minimum atomic E-state index is -0.439. The van der Waals surface area contributed by atoms with Gasteiger partial charge in [-0.05, 0) is 17.7 Å². The molecular weight excluding hydrogens is 342 g/mol. The number of benzene rings is 2. The number of amides is 1. The predicted molar refractivity (Wildman–Crippen MR) is 103 cm³/mol. The number of carbonyl (C=O) groups excluding carboxylic acids is 2. The monoisotopic (exact) mass is 365 g/mol. The highest BCUT2D eigenvalue weighted by atomic mass is 16.5. The van der Waals surface area contributed by atoms with Crippen LogP contribution < -0.4 is 0 Å². The molecule has 0 atom stereocenters. The highest BCUT2D eigenvalue weighted by molar-refractivity contribution is 5.84. The van der Waals surface area contributed by atoms with E-state index in [4.69, 9.17) is 4.74 Å². The second-order valence-corrected chi connectivity index (χ2v) is 6.27. The Labute approximate surface area is 158 Å². The van der Waals surface area contributed by atoms with Gasteiger partial charge < -0.3 is 14.2 Å². The molecule has 0 saturated carbocycles. The minimum Gasteiger partial charge on any atom is -0.468 e. The van der Waals surface area contributed by atoms with Crippen LogP contribution in [0.25, 0.3) is 11.0 Å². The van der Waals surface area contributed by atoms with Crippen molar-refractivity contribution < 1.29 is 14.3 Å². The third-order valence-corrected chi connectivity index (χ3v) is 4.46. The van der Waals surface area contributed by atoms with Crippen LogP contribution in [-0.4, -0.2) is 40.0 Å². The van der Waals surface area contributed by atoms with Crippen LogP contribution in [0.4, 0.5) is 0 Å². The molecular formula is C21H23N3O3. The van der Waals surface area contributed by atoms with Crippen molar-refractivity contribution in [3.05, 3.63) is 66.0 Å². The van der Waals surface area contributed by atoms with Gasteiger partial charge in [0.1, 0.15) is 18.9 Å². The Morgan fingerprint density at radius 1 is 1.07 bits per heavy atom. The first kappa shape index (κ1) is 18.6. The Kier molecular flexibility index (Phi) is 5.86. The van der Waals surface area contributed by atoms with Gasteiger partial charge in [-0.15, -0.1) is 0 Å². The van der Waals surface area contributed by atoms with Gasteiger partial charge in [0.25, 0.3) is 0 Å². The Hall–Kier alpha value is -3.15. The number of rotatable bonds is 7. The third kappa shape index (κ3) is 4.34. The summed E-state index contributed by atoms with van der Waals surface area (Å²) < 4.78 is 6.69. The standard InChI is InChI=1S/C21H23N3O3/c1-3-19-22-17-11-7-8-12-18(17)24(19)14-20(25)23(15-21(26)27-2)13-16-9-5-4-6-10-16/h4-12H,3,13-15H2,1-2H3. The molecule has 0 unspecified atom stereocenters. The van der Waals surface area contributed by atoms with Crippen LogP contribution >= 0.6 is 0 Å². The van der Waals surface area contributed by atoms with Crippen molar-refractivity contribution in [2.75, 3.05) is 13.7 Å². The Balaban J connectivity index is 1.87. The van der Waals surface area contributed by atoms with Crippen LogP contribution in [0.2, 0.25) is 0 Å². The quantitative estimate of drug-likeness (QED) is 0.604. The van der Waals surface area contributed by atoms with Gasteiger partial charge in [0.15, 0.2) is 0 Å². The maximum atomic E-state index is 13.0. The molecule has 0 saturated heterocycles. The van der Waals surface area contributed by atoms with Gasteiger partial charge >= 0.3 is 5.97 Å². The zero-order valence-corrected chi connectivity index (χ0v) is 15.6. The van der Waals surface area contributed by atoms with E-state index in [0.717, 1.165) is 28.8 Å². The number of carbonyl (C=O) groups is 2. The number of aryl methyl sites for hydroxylation is 1. The van der Waals surface area contributed by atoms with Crippen LogP contribution in [-0.2, 0) is 33.8 Å². The van der Waals surface area contributed by atoms with Crippen molar-refractivity contribution in [1.29, 1.82) is 0 Å². The first-order chi connectivity index (χ1) is 13.1. The molecule has 3 rings (SSSR count). The van der Waals surface area contributed by atoms with Gasteiger partial charge in [0, 0.05) is 13.0 Å². The second kappa shape index (κ2) is 8.49. The topological polar surface area (TPSA) is 64.4 Å². The summed E-state index contributed by atoms with van der Waals surface area (Å²) in [6.45, 7) is 2.41. The Bertz CT molecular complexity index is 934. The van der Waals surface area contributed by atoms with E-state index in [1.54, 1.807) is 0 Å². The first-order valence-electron chi connectivity index (χ1n) is 8.95. The predicted octanol–water partition coefficient (Wildman–Crippen LogP) is 2.80. The molecule has 0 radical (unpaired) electrons. The van der Waals surface area contributed by atoms with E-state index in [0.29, 0.717) is 6.54 Å². The van der Waals surface area contributed by atoms with Crippen LogP contribution in [0, 0.1) is 0 Å². The van der Waals surface area contributed by atoms with Crippen LogP contribution in [0.3, 0.4) is 0 Å². The molecule has 3 aromatic rings. The molecule has 1 amide bonds. The first-order valence-corrected chi connectivity index (χ1v) is 8.95. The van der Waals surface area contributed by atoms with E-state index >= 15 is 0 Å². The van der Waals surface area contributed by atoms with Crippen molar-refractivity contribution in [2.24, 2.45) is 0 Å². The van der Waals surface area contributed by atoms with Crippen molar-refractivity contribution in [3.8, 4) is 0 Å². The number of ether oxygens (including phenoxy) is 1. The van der Waals surface area contributed by atoms with Crippen LogP contribution in [0.5, 0.6) is 0 Å². The van der Waals surface area contributed by atoms with E-state index in [1.807, 2.05) is 66.1 Å². The number of aromatic nitrogens is 2. The van der Waals surface area contributed by atoms with E-state index in [-0.39, 0.29) is 19.0 Å². The average Bonchev–Trinajstić information content (AvgIpc) is 3.05. The van der Waals surface area contributed by atoms with Crippen molar-refractivity contribution in [2.45, 2.75) is 26.4 Å². The number of fused-ring (bicyclic) bond motifs is 1. The van der Waals surface area contributed by atoms with Crippen LogP contribution in [0.15, 0.2) is 54.6 Å². The number of esters is 1. The maximum absolute atomic E-state index is 13.0. The third-order valence-electron chi connectivity index (χ3n) is 4.46. The largest absolute Gasteiger partial charge is 0.468 e. The summed E-state index contributed by atoms with van der Waals surface area (Å²) in [5, 5.41) is 0. The average molecular weight is 365 g/mol. The smallest absolute Gasteiger partial charge is 0.325 e. The SMILES string of the molecule is CCc1nc2ccccc2n1CC(=O)N(CC(=O)OC)Cc1ccccc1. The van der Waals surface area contributed by atoms with Crippen molar-refractivity contribution in [3.63, 3.8) is 0 Å². The fraction of sp³-hybridized carbons (Fsp3) is 0.286. The number of nitrogens with zero attached hydrogens (tertiary/aromatic N) is 3. The summed E-state index contributed by atoms with van der Waals surface area (Å²) in [5.74, 6) is 0.259. The van der Waals surface area contributed by atoms with Gasteiger partial charge in [-0.25, -0.2) is 4.98 Å². The summed E-state index contributed by atoms with van der Waals surface area (Å²) in [4.78, 5) is 31.0. The van der Waals surface area contributed by atoms with Gasteiger partial charge in [-0.2, -0.15) is 0 Å². The number of imidazole rings is 1. The molecule has 0 aliphatic carbocycles. The Morgan fingerprint density at radius 3 is 2.48 bits per heavy atom. The van der Waals surface area contributed by atoms with E-state index in [2.05, 4.69) is 4.98 Å². The maximum Gasteiger partial charge on any atom is 0.325 e. The molecule has 6 nitrogen and oxygen atoms in total. The number of methoxy groups -OCH3 is 1. The molecule has 0 aliphatic heterocycles. The Morgan fingerprint density at radius 2 is 1.78 bits per heavy atom. The zero-order valence-electron chi connectivity index (χ0n) is 15.6. The van der Waals surface area contributed by atoms with E-state index < -0.39 is 5.97 Å². The molecule has 0 bridgehead atoms. The zero-order chi connectivity index (χ0) is 19.2. The fourth-order valence-electron chi connectivity index (χ4n) is 3.06. The lowest BCUT2D eigenvalue weighted by atomic mass is 10.2. The summed E-state index contributed by atoms with van der Waals surface area (Å²) in [7, 11) is 1.33. The summed E-state index contributed by atoms with van der Waals surface area (Å²) in [6.07, 6.45) is 0.720. The molecule has 2 aromatic carbocycles. The second-order valence-electron chi connectivity index (χ2n) is 6.27. The van der Waals surface area contributed by atoms with Gasteiger partial charge in [-0.3, -0.25) is 9.59 Å². The normalized spacial score (nSPS) is 10.7. The van der Waals surface area contributed by atoms with E-state index in [9.17, 15) is 9.59 Å². The van der Waals surface area contributed by atoms with E-state index in [1.165, 1.54) is 12.0 Å². The number of hydrogen-bond donors (Lipinski definition) is 0. The van der Waals surface area contributed by atoms with Gasteiger partial charge in [0.2, 0.25) is 5.91 Å². The van der Waals surface area contributed by atoms with Gasteiger partial charge in [-0.1, -0.05) is 49.4 Å². The molecule has 0 fully saturated rings. The van der Waals surface area contributed by atoms with Crippen molar-refractivity contribution >= 4 is 22.9 Å². The van der Waals surface area contributed by atoms with Crippen molar-refractivity contribution in [1.82, 2.24) is 14.5 Å². The molecule has 0 N–H and O–H groups in total. The molecule has 1 aromatic heterocycles. The lowest BCUT2D eigenvalue weighted by molar-refractivity contribution is -0.147. The minimum absolute atomic E-state index is 0.0850. The molecule has 1 heterocycles. The summed E-state index contributed by atoms with van der Waals surface area (Å²) >= 11 is 0. The fourth-order valence-corrected chi connectivity index (χ4v) is 3.06. The molecule has 27 heavy (non-hydrogen) atoms. The van der Waals surface area contributed by atoms with Crippen LogP contribution in [0.1, 0.15) is 18.3 Å². The molecule has 0 aliphatic rings. The summed E-state index contributed by atoms with van der Waals surface area (Å²) in [5.41, 5.74) is 2.74. The lowest BCUT2D eigenvalue weighted by Crippen LogP contribution is -2.38. The summed E-state index contributed by atoms with van der Waals surface area (Å²) in [6, 6.07) is 17.4. The number of para-hydroxylation sites is 2. The number of hydrogen-bond acceptors (Lipinski definition) is 4. The molecule has 140 valence electrons. The lowest BCUT2D eigenvalue weighted by Gasteiger charge is -2.22.